The van der Waals surface area contributed by atoms with Crippen molar-refractivity contribution in [2.24, 2.45) is 0 Å². The highest BCUT2D eigenvalue weighted by Crippen LogP contribution is 2.23. The summed E-state index contributed by atoms with van der Waals surface area (Å²) in [7, 11) is 1.58. The molecule has 0 bridgehead atoms. The zero-order valence-electron chi connectivity index (χ0n) is 19.3. The Labute approximate surface area is 198 Å². The monoisotopic (exact) mass is 467 g/mol. The van der Waals surface area contributed by atoms with Crippen LogP contribution in [-0.2, 0) is 11.2 Å². The first-order valence-electron chi connectivity index (χ1n) is 10.9. The summed E-state index contributed by atoms with van der Waals surface area (Å²) in [5.41, 5.74) is 3.60. The van der Waals surface area contributed by atoms with E-state index in [0.717, 1.165) is 30.0 Å². The number of methoxy groups -OCH3 is 1. The van der Waals surface area contributed by atoms with Crippen LogP contribution < -0.4 is 20.3 Å². The molecule has 9 heteroatoms. The molecule has 174 valence electrons. The summed E-state index contributed by atoms with van der Waals surface area (Å²) in [6.07, 6.45) is 0.669. The van der Waals surface area contributed by atoms with Crippen molar-refractivity contribution >= 4 is 40.2 Å². The highest BCUT2D eigenvalue weighted by Gasteiger charge is 2.15. The maximum atomic E-state index is 12.4. The van der Waals surface area contributed by atoms with Gasteiger partial charge in [0, 0.05) is 43.0 Å². The van der Waals surface area contributed by atoms with Crippen LogP contribution in [0.2, 0.25) is 0 Å². The number of aromatic nitrogens is 2. The third kappa shape index (κ3) is 6.52. The van der Waals surface area contributed by atoms with Gasteiger partial charge < -0.3 is 20.3 Å². The van der Waals surface area contributed by atoms with Crippen molar-refractivity contribution in [2.75, 3.05) is 35.7 Å². The summed E-state index contributed by atoms with van der Waals surface area (Å²) >= 11 is 1.18. The molecule has 1 heterocycles. The van der Waals surface area contributed by atoms with Gasteiger partial charge in [-0.3, -0.25) is 9.59 Å². The van der Waals surface area contributed by atoms with Crippen LogP contribution in [0.3, 0.4) is 0 Å². The van der Waals surface area contributed by atoms with Crippen LogP contribution in [-0.4, -0.2) is 42.2 Å². The number of hydrogen-bond donors (Lipinski definition) is 2. The number of hydrogen-bond acceptors (Lipinski definition) is 7. The Morgan fingerprint density at radius 1 is 1.03 bits per heavy atom. The van der Waals surface area contributed by atoms with E-state index in [2.05, 4.69) is 45.6 Å². The van der Waals surface area contributed by atoms with E-state index in [-0.39, 0.29) is 23.2 Å². The molecular weight excluding hydrogens is 438 g/mol. The number of carbonyl (C=O) groups is 2. The second-order valence-corrected chi connectivity index (χ2v) is 8.47. The van der Waals surface area contributed by atoms with Crippen molar-refractivity contribution < 1.29 is 14.3 Å². The molecule has 0 saturated carbocycles. The second kappa shape index (κ2) is 11.4. The van der Waals surface area contributed by atoms with Crippen LogP contribution in [0.5, 0.6) is 5.75 Å². The van der Waals surface area contributed by atoms with E-state index in [0.29, 0.717) is 22.9 Å². The molecule has 0 aliphatic rings. The largest absolute Gasteiger partial charge is 0.497 e. The summed E-state index contributed by atoms with van der Waals surface area (Å²) in [6.45, 7) is 8.10. The normalized spacial score (nSPS) is 10.5. The van der Waals surface area contributed by atoms with Gasteiger partial charge in [0.25, 0.3) is 5.91 Å². The minimum Gasteiger partial charge on any atom is -0.497 e. The van der Waals surface area contributed by atoms with Crippen LogP contribution >= 0.6 is 11.3 Å². The van der Waals surface area contributed by atoms with Crippen molar-refractivity contribution in [2.45, 2.75) is 33.6 Å². The van der Waals surface area contributed by atoms with Crippen LogP contribution in [0, 0.1) is 6.92 Å². The van der Waals surface area contributed by atoms with Crippen molar-refractivity contribution in [1.29, 1.82) is 0 Å². The molecular formula is C24H29N5O3S. The number of benzene rings is 2. The van der Waals surface area contributed by atoms with Gasteiger partial charge in [0.2, 0.25) is 10.9 Å². The molecule has 0 radical (unpaired) electrons. The van der Waals surface area contributed by atoms with Crippen LogP contribution in [0.15, 0.2) is 42.5 Å². The first-order valence-corrected chi connectivity index (χ1v) is 11.7. The first-order chi connectivity index (χ1) is 15.9. The molecule has 0 fully saturated rings. The maximum Gasteiger partial charge on any atom is 0.286 e. The topological polar surface area (TPSA) is 96.5 Å². The summed E-state index contributed by atoms with van der Waals surface area (Å²) in [6, 6.07) is 13.1. The first kappa shape index (κ1) is 24.2. The molecule has 2 N–H and O–H groups in total. The molecule has 0 spiro atoms. The highest BCUT2D eigenvalue weighted by atomic mass is 32.1. The molecule has 1 aromatic heterocycles. The lowest BCUT2D eigenvalue weighted by atomic mass is 10.1. The number of nitrogens with zero attached hydrogens (tertiary/aromatic N) is 3. The van der Waals surface area contributed by atoms with E-state index in [1.807, 2.05) is 19.1 Å². The van der Waals surface area contributed by atoms with E-state index in [9.17, 15) is 9.59 Å². The van der Waals surface area contributed by atoms with E-state index >= 15 is 0 Å². The Morgan fingerprint density at radius 2 is 1.76 bits per heavy atom. The predicted octanol–water partition coefficient (Wildman–Crippen LogP) is 4.52. The van der Waals surface area contributed by atoms with Gasteiger partial charge in [0.15, 0.2) is 0 Å². The van der Waals surface area contributed by atoms with E-state index < -0.39 is 0 Å². The number of carbonyl (C=O) groups excluding carboxylic acids is 2. The van der Waals surface area contributed by atoms with Gasteiger partial charge in [-0.2, -0.15) is 0 Å². The van der Waals surface area contributed by atoms with E-state index in [4.69, 9.17) is 4.74 Å². The van der Waals surface area contributed by atoms with Gasteiger partial charge in [-0.1, -0.05) is 11.3 Å². The number of rotatable bonds is 10. The summed E-state index contributed by atoms with van der Waals surface area (Å²) in [5, 5.41) is 14.6. The van der Waals surface area contributed by atoms with Crippen molar-refractivity contribution in [3.05, 3.63) is 58.0 Å². The Balaban J connectivity index is 1.52. The predicted molar refractivity (Wildman–Crippen MR) is 133 cm³/mol. The summed E-state index contributed by atoms with van der Waals surface area (Å²) in [5.74, 6) is 0.268. The van der Waals surface area contributed by atoms with Crippen molar-refractivity contribution in [3.63, 3.8) is 0 Å². The number of anilines is 3. The highest BCUT2D eigenvalue weighted by molar-refractivity contribution is 7.13. The molecule has 0 aliphatic heterocycles. The quantitative estimate of drug-likeness (QED) is 0.455. The lowest BCUT2D eigenvalue weighted by Gasteiger charge is -2.22. The fourth-order valence-corrected chi connectivity index (χ4v) is 4.05. The summed E-state index contributed by atoms with van der Waals surface area (Å²) in [4.78, 5) is 27.1. The number of ether oxygens (including phenoxy) is 1. The van der Waals surface area contributed by atoms with Crippen LogP contribution in [0.1, 0.15) is 40.6 Å². The number of amides is 2. The third-order valence-electron chi connectivity index (χ3n) is 5.19. The number of aryl methyl sites for hydroxylation is 2. The van der Waals surface area contributed by atoms with Crippen LogP contribution in [0.4, 0.5) is 17.1 Å². The van der Waals surface area contributed by atoms with Gasteiger partial charge >= 0.3 is 0 Å². The van der Waals surface area contributed by atoms with E-state index in [1.165, 1.54) is 11.3 Å². The minimum absolute atomic E-state index is 0.104. The maximum absolute atomic E-state index is 12.4. The van der Waals surface area contributed by atoms with Crippen LogP contribution in [0.25, 0.3) is 0 Å². The van der Waals surface area contributed by atoms with E-state index in [1.54, 1.807) is 31.4 Å². The molecule has 0 atom stereocenters. The molecule has 3 aromatic rings. The lowest BCUT2D eigenvalue weighted by molar-refractivity contribution is -0.116. The molecule has 8 nitrogen and oxygen atoms in total. The molecule has 2 amide bonds. The Bertz CT molecular complexity index is 1090. The fraction of sp³-hybridized carbons (Fsp3) is 0.333. The van der Waals surface area contributed by atoms with Crippen molar-refractivity contribution in [1.82, 2.24) is 10.2 Å². The second-order valence-electron chi connectivity index (χ2n) is 7.40. The Morgan fingerprint density at radius 3 is 2.39 bits per heavy atom. The average Bonchev–Trinajstić information content (AvgIpc) is 3.30. The average molecular weight is 468 g/mol. The van der Waals surface area contributed by atoms with Crippen molar-refractivity contribution in [3.8, 4) is 5.75 Å². The molecule has 2 aromatic carbocycles. The van der Waals surface area contributed by atoms with Gasteiger partial charge in [-0.15, -0.1) is 10.2 Å². The van der Waals surface area contributed by atoms with Gasteiger partial charge in [-0.25, -0.2) is 0 Å². The molecule has 0 unspecified atom stereocenters. The SMILES string of the molecule is CCN(CC)c1ccc(NC(=O)CCc2nnc(C(=O)Nc3ccc(OC)cc3)s2)c(C)c1. The van der Waals surface area contributed by atoms with Gasteiger partial charge in [0.05, 0.1) is 7.11 Å². The smallest absolute Gasteiger partial charge is 0.286 e. The molecule has 0 saturated heterocycles. The van der Waals surface area contributed by atoms with Gasteiger partial charge in [0.1, 0.15) is 10.8 Å². The molecule has 0 aliphatic carbocycles. The third-order valence-corrected chi connectivity index (χ3v) is 6.17. The minimum atomic E-state index is -0.336. The zero-order valence-corrected chi connectivity index (χ0v) is 20.2. The Hall–Kier alpha value is -3.46. The number of nitrogens with one attached hydrogen (secondary N) is 2. The molecule has 3 rings (SSSR count). The zero-order chi connectivity index (χ0) is 23.8. The fourth-order valence-electron chi connectivity index (χ4n) is 3.31. The summed E-state index contributed by atoms with van der Waals surface area (Å²) < 4.78 is 5.11. The standard InChI is InChI=1S/C24H29N5O3S/c1-5-29(6-2)18-9-12-20(16(3)15-18)26-21(30)13-14-22-27-28-24(33-22)23(31)25-17-7-10-19(32-4)11-8-17/h7-12,15H,5-6,13-14H2,1-4H3,(H,25,31)(H,26,30). The Kier molecular flexibility index (Phi) is 8.37. The molecule has 33 heavy (non-hydrogen) atoms. The van der Waals surface area contributed by atoms with Gasteiger partial charge in [-0.05, 0) is 68.8 Å². The lowest BCUT2D eigenvalue weighted by Crippen LogP contribution is -2.22.